The number of nitrogens with one attached hydrogen (secondary N) is 1. The molecule has 2 aliphatic rings. The first-order chi connectivity index (χ1) is 13.2. The van der Waals surface area contributed by atoms with Crippen LogP contribution in [0.3, 0.4) is 0 Å². The van der Waals surface area contributed by atoms with Gasteiger partial charge in [0.1, 0.15) is 11.7 Å². The van der Waals surface area contributed by atoms with Crippen LogP contribution in [0.15, 0.2) is 42.5 Å². The van der Waals surface area contributed by atoms with Gasteiger partial charge >= 0.3 is 0 Å². The Hall–Kier alpha value is -2.60. The van der Waals surface area contributed by atoms with Gasteiger partial charge in [0.05, 0.1) is 6.04 Å². The molecule has 3 unspecified atom stereocenters. The minimum atomic E-state index is -0.940. The minimum Gasteiger partial charge on any atom is -0.467 e. The summed E-state index contributed by atoms with van der Waals surface area (Å²) in [5.74, 6) is 0.338. The molecule has 3 atom stereocenters. The molecule has 4 rings (SSSR count). The largest absolute Gasteiger partial charge is 0.467 e. The maximum Gasteiger partial charge on any atom is 0.233 e. The number of aryl methyl sites for hydroxylation is 2. The highest BCUT2D eigenvalue weighted by Gasteiger charge is 2.59. The summed E-state index contributed by atoms with van der Waals surface area (Å²) in [6.45, 7) is 6.04. The van der Waals surface area contributed by atoms with E-state index in [9.17, 15) is 4.79 Å². The van der Waals surface area contributed by atoms with Gasteiger partial charge in [0.15, 0.2) is 10.8 Å². The molecule has 2 aromatic carbocycles. The minimum absolute atomic E-state index is 0.00677. The van der Waals surface area contributed by atoms with Crippen molar-refractivity contribution in [2.24, 2.45) is 5.92 Å². The molecule has 1 fully saturated rings. The number of nitrogens with zero attached hydrogens (tertiary/aromatic N) is 2. The summed E-state index contributed by atoms with van der Waals surface area (Å²) < 4.78 is 6.56. The van der Waals surface area contributed by atoms with E-state index in [4.69, 9.17) is 17.0 Å². The lowest BCUT2D eigenvalue weighted by atomic mass is 9.78. The number of rotatable bonds is 2. The zero-order chi connectivity index (χ0) is 20.2. The lowest BCUT2D eigenvalue weighted by Gasteiger charge is -2.56. The number of ether oxygens (including phenoxy) is 1. The number of anilines is 1. The zero-order valence-corrected chi connectivity index (χ0v) is 17.6. The second kappa shape index (κ2) is 6.48. The number of amides is 1. The molecule has 0 radical (unpaired) electrons. The highest BCUT2D eigenvalue weighted by atomic mass is 32.1. The maximum absolute atomic E-state index is 13.3. The predicted octanol–water partition coefficient (Wildman–Crippen LogP) is 3.55. The van der Waals surface area contributed by atoms with Crippen molar-refractivity contribution in [1.29, 1.82) is 0 Å². The van der Waals surface area contributed by atoms with Crippen molar-refractivity contribution in [2.45, 2.75) is 32.5 Å². The standard InChI is InChI=1S/C22H25N3O2S/c1-13-7-6-8-15(11-13)25-21(28)23-19-16-12-14(2)9-10-17(16)27-22(25,3)18(19)20(26)24(4)5/h6-12,18-19H,1-5H3,(H,23,28). The number of fused-ring (bicyclic) bond motifs is 4. The Morgan fingerprint density at radius 3 is 2.57 bits per heavy atom. The number of carbonyl (C=O) groups is 1. The highest BCUT2D eigenvalue weighted by molar-refractivity contribution is 7.80. The Morgan fingerprint density at radius 2 is 1.89 bits per heavy atom. The molecule has 146 valence electrons. The van der Waals surface area contributed by atoms with Crippen LogP contribution >= 0.6 is 12.2 Å². The number of hydrogen-bond donors (Lipinski definition) is 1. The molecule has 6 heteroatoms. The van der Waals surface area contributed by atoms with Crippen LogP contribution in [0.4, 0.5) is 5.69 Å². The Labute approximate surface area is 171 Å². The second-order valence-electron chi connectivity index (χ2n) is 8.01. The summed E-state index contributed by atoms with van der Waals surface area (Å²) in [4.78, 5) is 16.9. The monoisotopic (exact) mass is 395 g/mol. The van der Waals surface area contributed by atoms with E-state index < -0.39 is 11.6 Å². The number of hydrogen-bond acceptors (Lipinski definition) is 3. The predicted molar refractivity (Wildman–Crippen MR) is 115 cm³/mol. The molecular formula is C22H25N3O2S. The molecule has 28 heavy (non-hydrogen) atoms. The van der Waals surface area contributed by atoms with E-state index in [0.29, 0.717) is 5.11 Å². The molecule has 0 aromatic heterocycles. The molecule has 1 N–H and O–H groups in total. The van der Waals surface area contributed by atoms with Crippen LogP contribution in [0.5, 0.6) is 5.75 Å². The smallest absolute Gasteiger partial charge is 0.233 e. The average Bonchev–Trinajstić information content (AvgIpc) is 2.61. The molecule has 1 amide bonds. The van der Waals surface area contributed by atoms with Gasteiger partial charge in [0.2, 0.25) is 5.91 Å². The molecule has 2 aliphatic heterocycles. The first-order valence-electron chi connectivity index (χ1n) is 9.40. The van der Waals surface area contributed by atoms with Crippen molar-refractivity contribution < 1.29 is 9.53 Å². The van der Waals surface area contributed by atoms with E-state index in [1.54, 1.807) is 19.0 Å². The van der Waals surface area contributed by atoms with E-state index >= 15 is 0 Å². The third-order valence-electron chi connectivity index (χ3n) is 5.62. The Morgan fingerprint density at radius 1 is 1.18 bits per heavy atom. The van der Waals surface area contributed by atoms with E-state index in [2.05, 4.69) is 17.4 Å². The Kier molecular flexibility index (Phi) is 4.34. The molecule has 0 aliphatic carbocycles. The van der Waals surface area contributed by atoms with Crippen LogP contribution in [0.25, 0.3) is 0 Å². The van der Waals surface area contributed by atoms with Crippen molar-refractivity contribution in [2.75, 3.05) is 19.0 Å². The molecule has 2 aromatic rings. The van der Waals surface area contributed by atoms with Gasteiger partial charge in [0.25, 0.3) is 0 Å². The Balaban J connectivity index is 1.93. The molecule has 5 nitrogen and oxygen atoms in total. The summed E-state index contributed by atoms with van der Waals surface area (Å²) >= 11 is 5.76. The molecular weight excluding hydrogens is 370 g/mol. The van der Waals surface area contributed by atoms with Gasteiger partial charge in [-0.1, -0.05) is 29.8 Å². The van der Waals surface area contributed by atoms with Crippen LogP contribution in [-0.4, -0.2) is 35.7 Å². The summed E-state index contributed by atoms with van der Waals surface area (Å²) in [7, 11) is 3.56. The lowest BCUT2D eigenvalue weighted by Crippen LogP contribution is -2.72. The van der Waals surface area contributed by atoms with Crippen molar-refractivity contribution in [3.63, 3.8) is 0 Å². The van der Waals surface area contributed by atoms with Crippen LogP contribution in [0, 0.1) is 19.8 Å². The molecule has 0 saturated carbocycles. The van der Waals surface area contributed by atoms with E-state index in [-0.39, 0.29) is 11.9 Å². The van der Waals surface area contributed by atoms with Crippen LogP contribution < -0.4 is 15.0 Å². The fourth-order valence-corrected chi connectivity index (χ4v) is 4.73. The highest BCUT2D eigenvalue weighted by Crippen LogP contribution is 2.50. The summed E-state index contributed by atoms with van der Waals surface area (Å²) in [6, 6.07) is 13.9. The lowest BCUT2D eigenvalue weighted by molar-refractivity contribution is -0.144. The topological polar surface area (TPSA) is 44.8 Å². The van der Waals surface area contributed by atoms with Gasteiger partial charge in [0, 0.05) is 25.3 Å². The van der Waals surface area contributed by atoms with Crippen molar-refractivity contribution >= 4 is 28.9 Å². The van der Waals surface area contributed by atoms with Crippen molar-refractivity contribution in [3.8, 4) is 5.75 Å². The first kappa shape index (κ1) is 18.7. The van der Waals surface area contributed by atoms with Crippen molar-refractivity contribution in [3.05, 3.63) is 59.2 Å². The molecule has 1 saturated heterocycles. The summed E-state index contributed by atoms with van der Waals surface area (Å²) in [5.41, 5.74) is 3.18. The van der Waals surface area contributed by atoms with E-state index in [1.165, 1.54) is 0 Å². The first-order valence-corrected chi connectivity index (χ1v) is 9.81. The van der Waals surface area contributed by atoms with Gasteiger partial charge in [-0.3, -0.25) is 9.69 Å². The Bertz CT molecular complexity index is 974. The summed E-state index contributed by atoms with van der Waals surface area (Å²) in [5, 5.41) is 4.00. The molecule has 2 bridgehead atoms. The van der Waals surface area contributed by atoms with Gasteiger partial charge in [-0.05, 0) is 56.8 Å². The fraction of sp³-hybridized carbons (Fsp3) is 0.364. The number of benzene rings is 2. The van der Waals surface area contributed by atoms with Gasteiger partial charge in [-0.2, -0.15) is 0 Å². The zero-order valence-electron chi connectivity index (χ0n) is 16.8. The van der Waals surface area contributed by atoms with Crippen LogP contribution in [0.1, 0.15) is 29.7 Å². The van der Waals surface area contributed by atoms with E-state index in [1.807, 2.05) is 56.0 Å². The van der Waals surface area contributed by atoms with Crippen LogP contribution in [0.2, 0.25) is 0 Å². The molecule has 0 spiro atoms. The number of thiocarbonyl (C=S) groups is 1. The normalized spacial score (nSPS) is 25.5. The van der Waals surface area contributed by atoms with Gasteiger partial charge in [-0.25, -0.2) is 0 Å². The van der Waals surface area contributed by atoms with Gasteiger partial charge in [-0.15, -0.1) is 0 Å². The quantitative estimate of drug-likeness (QED) is 0.788. The third kappa shape index (κ3) is 2.75. The number of carbonyl (C=O) groups excluding carboxylic acids is 1. The average molecular weight is 396 g/mol. The second-order valence-corrected chi connectivity index (χ2v) is 8.40. The SMILES string of the molecule is Cc1cccc(N2C(=S)NC3c4cc(C)ccc4OC2(C)C3C(=O)N(C)C)c1. The molecule has 2 heterocycles. The van der Waals surface area contributed by atoms with E-state index in [0.717, 1.165) is 28.1 Å². The van der Waals surface area contributed by atoms with Gasteiger partial charge < -0.3 is 15.0 Å². The summed E-state index contributed by atoms with van der Waals surface area (Å²) in [6.07, 6.45) is 0. The fourth-order valence-electron chi connectivity index (χ4n) is 4.31. The van der Waals surface area contributed by atoms with Crippen molar-refractivity contribution in [1.82, 2.24) is 10.2 Å². The van der Waals surface area contributed by atoms with Crippen LogP contribution in [-0.2, 0) is 4.79 Å². The third-order valence-corrected chi connectivity index (χ3v) is 5.92. The maximum atomic E-state index is 13.3.